The molecule has 0 saturated carbocycles. The molecule has 0 aromatic heterocycles. The molecule has 1 aromatic rings. The summed E-state index contributed by atoms with van der Waals surface area (Å²) in [7, 11) is 0. The number of hydrogen-bond donors (Lipinski definition) is 2. The number of carbonyl (C=O) groups is 3. The Morgan fingerprint density at radius 2 is 2.13 bits per heavy atom. The highest BCUT2D eigenvalue weighted by Crippen LogP contribution is 2.20. The van der Waals surface area contributed by atoms with Gasteiger partial charge in [-0.15, -0.1) is 0 Å². The summed E-state index contributed by atoms with van der Waals surface area (Å²) < 4.78 is 4.97. The van der Waals surface area contributed by atoms with Gasteiger partial charge in [-0.05, 0) is 31.9 Å². The van der Waals surface area contributed by atoms with Crippen LogP contribution in [0.5, 0.6) is 5.75 Å². The second-order valence-corrected chi connectivity index (χ2v) is 5.68. The van der Waals surface area contributed by atoms with E-state index in [0.29, 0.717) is 19.4 Å². The summed E-state index contributed by atoms with van der Waals surface area (Å²) >= 11 is 0. The first kappa shape index (κ1) is 16.8. The minimum absolute atomic E-state index is 0.0199. The van der Waals surface area contributed by atoms with E-state index >= 15 is 0 Å². The number of hydrogen-bond acceptors (Lipinski definition) is 5. The molecule has 0 spiro atoms. The number of nitrogens with two attached hydrogens (primary N) is 1. The van der Waals surface area contributed by atoms with Crippen LogP contribution in [0.25, 0.3) is 0 Å². The molecule has 3 N–H and O–H groups in total. The largest absolute Gasteiger partial charge is 0.507 e. The molecule has 1 fully saturated rings. The molecule has 0 aliphatic carbocycles. The Labute approximate surface area is 134 Å². The maximum Gasteiger partial charge on any atom is 0.342 e. The van der Waals surface area contributed by atoms with Crippen LogP contribution in [0.15, 0.2) is 18.2 Å². The minimum Gasteiger partial charge on any atom is -0.507 e. The third-order valence-electron chi connectivity index (χ3n) is 3.88. The van der Waals surface area contributed by atoms with Gasteiger partial charge in [0.05, 0.1) is 5.92 Å². The Balaban J connectivity index is 1.92. The van der Waals surface area contributed by atoms with E-state index in [-0.39, 0.29) is 29.7 Å². The van der Waals surface area contributed by atoms with E-state index in [1.165, 1.54) is 17.0 Å². The van der Waals surface area contributed by atoms with Gasteiger partial charge in [0.2, 0.25) is 5.91 Å². The molecule has 1 saturated heterocycles. The lowest BCUT2D eigenvalue weighted by Crippen LogP contribution is -2.45. The summed E-state index contributed by atoms with van der Waals surface area (Å²) in [4.78, 5) is 36.7. The van der Waals surface area contributed by atoms with Crippen molar-refractivity contribution < 1.29 is 24.2 Å². The number of esters is 1. The zero-order valence-corrected chi connectivity index (χ0v) is 12.9. The van der Waals surface area contributed by atoms with Crippen molar-refractivity contribution in [2.45, 2.75) is 19.8 Å². The molecule has 0 unspecified atom stereocenters. The normalized spacial score (nSPS) is 17.6. The van der Waals surface area contributed by atoms with Crippen LogP contribution in [-0.2, 0) is 14.3 Å². The third kappa shape index (κ3) is 4.21. The Kier molecular flexibility index (Phi) is 5.20. The fraction of sp³-hybridized carbons (Fsp3) is 0.438. The van der Waals surface area contributed by atoms with Gasteiger partial charge >= 0.3 is 5.97 Å². The summed E-state index contributed by atoms with van der Waals surface area (Å²) in [5.74, 6) is -2.12. The van der Waals surface area contributed by atoms with Crippen molar-refractivity contribution in [3.8, 4) is 5.75 Å². The summed E-state index contributed by atoms with van der Waals surface area (Å²) in [5, 5.41) is 9.67. The molecule has 7 nitrogen and oxygen atoms in total. The van der Waals surface area contributed by atoms with E-state index < -0.39 is 18.5 Å². The second kappa shape index (κ2) is 7.13. The lowest BCUT2D eigenvalue weighted by Gasteiger charge is -2.31. The molecular weight excluding hydrogens is 300 g/mol. The molecule has 2 rings (SSSR count). The highest BCUT2D eigenvalue weighted by atomic mass is 16.5. The lowest BCUT2D eigenvalue weighted by molar-refractivity contribution is -0.137. The van der Waals surface area contributed by atoms with Gasteiger partial charge in [-0.3, -0.25) is 9.59 Å². The number of aromatic hydroxyl groups is 1. The average molecular weight is 320 g/mol. The van der Waals surface area contributed by atoms with Gasteiger partial charge in [0.25, 0.3) is 5.91 Å². The molecular formula is C16H20N2O5. The molecule has 124 valence electrons. The predicted octanol–water partition coefficient (Wildman–Crippen LogP) is 0.581. The fourth-order valence-corrected chi connectivity index (χ4v) is 2.55. The molecule has 23 heavy (non-hydrogen) atoms. The van der Waals surface area contributed by atoms with Crippen LogP contribution in [0.3, 0.4) is 0 Å². The van der Waals surface area contributed by atoms with Crippen LogP contribution in [-0.4, -0.2) is 47.5 Å². The van der Waals surface area contributed by atoms with Gasteiger partial charge in [0.15, 0.2) is 6.61 Å². The van der Waals surface area contributed by atoms with Crippen molar-refractivity contribution >= 4 is 17.8 Å². The molecule has 0 radical (unpaired) electrons. The Morgan fingerprint density at radius 1 is 1.39 bits per heavy atom. The molecule has 0 bridgehead atoms. The summed E-state index contributed by atoms with van der Waals surface area (Å²) in [6.45, 7) is 2.11. The van der Waals surface area contributed by atoms with Gasteiger partial charge in [0, 0.05) is 13.1 Å². The van der Waals surface area contributed by atoms with Crippen LogP contribution in [0.2, 0.25) is 0 Å². The number of likely N-dealkylation sites (tertiary alicyclic amines) is 1. The monoisotopic (exact) mass is 320 g/mol. The number of piperidine rings is 1. The first-order valence-electron chi connectivity index (χ1n) is 7.42. The van der Waals surface area contributed by atoms with E-state index in [0.717, 1.165) is 5.56 Å². The second-order valence-electron chi connectivity index (χ2n) is 5.68. The number of aryl methyl sites for hydroxylation is 1. The van der Waals surface area contributed by atoms with Gasteiger partial charge in [-0.1, -0.05) is 11.6 Å². The molecule has 1 aliphatic rings. The first-order valence-corrected chi connectivity index (χ1v) is 7.42. The van der Waals surface area contributed by atoms with Crippen molar-refractivity contribution in [1.82, 2.24) is 4.90 Å². The predicted molar refractivity (Wildman–Crippen MR) is 81.6 cm³/mol. The molecule has 7 heteroatoms. The Morgan fingerprint density at radius 3 is 2.83 bits per heavy atom. The fourth-order valence-electron chi connectivity index (χ4n) is 2.55. The van der Waals surface area contributed by atoms with Gasteiger partial charge < -0.3 is 20.5 Å². The number of phenols is 1. The Hall–Kier alpha value is -2.57. The number of ether oxygens (including phenoxy) is 1. The van der Waals surface area contributed by atoms with Crippen molar-refractivity contribution in [3.63, 3.8) is 0 Å². The number of nitrogens with zero attached hydrogens (tertiary/aromatic N) is 1. The van der Waals surface area contributed by atoms with Crippen molar-refractivity contribution in [1.29, 1.82) is 0 Å². The number of primary amides is 1. The summed E-state index contributed by atoms with van der Waals surface area (Å²) in [6, 6.07) is 4.55. The van der Waals surface area contributed by atoms with E-state index in [1.54, 1.807) is 13.0 Å². The first-order chi connectivity index (χ1) is 10.9. The molecule has 1 heterocycles. The van der Waals surface area contributed by atoms with Crippen LogP contribution in [0.1, 0.15) is 28.8 Å². The van der Waals surface area contributed by atoms with Crippen molar-refractivity contribution in [2.24, 2.45) is 11.7 Å². The smallest absolute Gasteiger partial charge is 0.342 e. The SMILES string of the molecule is Cc1ccc(O)c(C(=O)OCC(=O)N2CCC[C@H](C(N)=O)C2)c1. The highest BCUT2D eigenvalue weighted by molar-refractivity contribution is 5.94. The highest BCUT2D eigenvalue weighted by Gasteiger charge is 2.27. The molecule has 1 aromatic carbocycles. The molecule has 2 amide bonds. The average Bonchev–Trinajstić information content (AvgIpc) is 2.54. The molecule has 1 aliphatic heterocycles. The number of rotatable bonds is 4. The lowest BCUT2D eigenvalue weighted by atomic mass is 9.97. The zero-order valence-electron chi connectivity index (χ0n) is 12.9. The summed E-state index contributed by atoms with van der Waals surface area (Å²) in [5.41, 5.74) is 6.08. The maximum atomic E-state index is 12.1. The number of amides is 2. The number of carbonyl (C=O) groups excluding carboxylic acids is 3. The van der Waals surface area contributed by atoms with Crippen molar-refractivity contribution in [2.75, 3.05) is 19.7 Å². The number of benzene rings is 1. The molecule has 1 atom stereocenters. The van der Waals surface area contributed by atoms with Crippen LogP contribution < -0.4 is 5.73 Å². The zero-order chi connectivity index (χ0) is 17.0. The third-order valence-corrected chi connectivity index (χ3v) is 3.88. The summed E-state index contributed by atoms with van der Waals surface area (Å²) in [6.07, 6.45) is 1.35. The maximum absolute atomic E-state index is 12.1. The van der Waals surface area contributed by atoms with Crippen LogP contribution in [0, 0.1) is 12.8 Å². The number of phenolic OH excluding ortho intramolecular Hbond substituents is 1. The topological polar surface area (TPSA) is 110 Å². The van der Waals surface area contributed by atoms with E-state index in [1.807, 2.05) is 0 Å². The standard InChI is InChI=1S/C16H20N2O5/c1-10-4-5-13(19)12(7-10)16(22)23-9-14(20)18-6-2-3-11(8-18)15(17)21/h4-5,7,11,19H,2-3,6,8-9H2,1H3,(H2,17,21)/t11-/m0/s1. The minimum atomic E-state index is -0.761. The Bertz CT molecular complexity index is 629. The van der Waals surface area contributed by atoms with Gasteiger partial charge in [-0.2, -0.15) is 0 Å². The van der Waals surface area contributed by atoms with Crippen molar-refractivity contribution in [3.05, 3.63) is 29.3 Å². The quantitative estimate of drug-likeness (QED) is 0.789. The van der Waals surface area contributed by atoms with Crippen LogP contribution in [0.4, 0.5) is 0 Å². The van der Waals surface area contributed by atoms with Gasteiger partial charge in [0.1, 0.15) is 11.3 Å². The van der Waals surface area contributed by atoms with E-state index in [4.69, 9.17) is 10.5 Å². The van der Waals surface area contributed by atoms with E-state index in [9.17, 15) is 19.5 Å². The van der Waals surface area contributed by atoms with Gasteiger partial charge in [-0.25, -0.2) is 4.79 Å². The van der Waals surface area contributed by atoms with Crippen LogP contribution >= 0.6 is 0 Å². The van der Waals surface area contributed by atoms with E-state index in [2.05, 4.69) is 0 Å².